The first-order chi connectivity index (χ1) is 9.08. The first kappa shape index (κ1) is 16.0. The van der Waals surface area contributed by atoms with Crippen LogP contribution in [-0.2, 0) is 6.54 Å². The molecule has 0 aromatic heterocycles. The number of nitrogens with one attached hydrogen (secondary N) is 1. The molecule has 0 fully saturated rings. The molecule has 0 saturated carbocycles. The minimum absolute atomic E-state index is 0.690. The number of hydrogen-bond acceptors (Lipinski definition) is 2. The summed E-state index contributed by atoms with van der Waals surface area (Å²) in [7, 11) is 0. The lowest BCUT2D eigenvalue weighted by molar-refractivity contribution is 0.297. The summed E-state index contributed by atoms with van der Waals surface area (Å²) >= 11 is 0. The molecule has 1 aromatic carbocycles. The molecule has 1 aromatic rings. The SMILES string of the molecule is CC(C)CCCOc1cccc(CNCC(C)C)c1. The molecule has 1 N–H and O–H groups in total. The highest BCUT2D eigenvalue weighted by Gasteiger charge is 1.99. The summed E-state index contributed by atoms with van der Waals surface area (Å²) in [6.07, 6.45) is 2.36. The topological polar surface area (TPSA) is 21.3 Å². The van der Waals surface area contributed by atoms with E-state index in [2.05, 4.69) is 51.2 Å². The van der Waals surface area contributed by atoms with Gasteiger partial charge in [-0.1, -0.05) is 39.8 Å². The summed E-state index contributed by atoms with van der Waals surface area (Å²) in [5, 5.41) is 3.45. The van der Waals surface area contributed by atoms with E-state index in [0.717, 1.165) is 37.8 Å². The zero-order valence-electron chi connectivity index (χ0n) is 12.9. The van der Waals surface area contributed by atoms with Crippen molar-refractivity contribution in [2.75, 3.05) is 13.2 Å². The van der Waals surface area contributed by atoms with Gasteiger partial charge in [0.1, 0.15) is 5.75 Å². The maximum atomic E-state index is 5.80. The second kappa shape index (κ2) is 8.98. The third-order valence-electron chi connectivity index (χ3n) is 2.97. The van der Waals surface area contributed by atoms with Gasteiger partial charge in [0.2, 0.25) is 0 Å². The number of hydrogen-bond donors (Lipinski definition) is 1. The number of benzene rings is 1. The minimum atomic E-state index is 0.690. The van der Waals surface area contributed by atoms with Gasteiger partial charge in [0, 0.05) is 6.54 Å². The van der Waals surface area contributed by atoms with E-state index >= 15 is 0 Å². The first-order valence-electron chi connectivity index (χ1n) is 7.50. The zero-order valence-corrected chi connectivity index (χ0v) is 12.9. The molecular formula is C17H29NO. The van der Waals surface area contributed by atoms with E-state index < -0.39 is 0 Å². The van der Waals surface area contributed by atoms with Crippen LogP contribution in [0.4, 0.5) is 0 Å². The van der Waals surface area contributed by atoms with Crippen LogP contribution in [0.2, 0.25) is 0 Å². The molecule has 0 saturated heterocycles. The molecule has 1 rings (SSSR count). The van der Waals surface area contributed by atoms with Gasteiger partial charge in [-0.05, 0) is 48.9 Å². The van der Waals surface area contributed by atoms with Gasteiger partial charge in [0.15, 0.2) is 0 Å². The molecule has 0 spiro atoms. The van der Waals surface area contributed by atoms with Crippen LogP contribution >= 0.6 is 0 Å². The van der Waals surface area contributed by atoms with Crippen LogP contribution in [0.5, 0.6) is 5.75 Å². The van der Waals surface area contributed by atoms with E-state index in [9.17, 15) is 0 Å². The highest BCUT2D eigenvalue weighted by atomic mass is 16.5. The van der Waals surface area contributed by atoms with Crippen molar-refractivity contribution < 1.29 is 4.74 Å². The van der Waals surface area contributed by atoms with E-state index in [1.165, 1.54) is 12.0 Å². The average Bonchev–Trinajstić information content (AvgIpc) is 2.34. The second-order valence-corrected chi connectivity index (χ2v) is 6.06. The van der Waals surface area contributed by atoms with Gasteiger partial charge in [0.05, 0.1) is 6.61 Å². The van der Waals surface area contributed by atoms with E-state index in [1.807, 2.05) is 6.07 Å². The van der Waals surface area contributed by atoms with Crippen molar-refractivity contribution >= 4 is 0 Å². The first-order valence-corrected chi connectivity index (χ1v) is 7.50. The van der Waals surface area contributed by atoms with Gasteiger partial charge in [0.25, 0.3) is 0 Å². The predicted octanol–water partition coefficient (Wildman–Crippen LogP) is 4.25. The highest BCUT2D eigenvalue weighted by Crippen LogP contribution is 2.14. The van der Waals surface area contributed by atoms with Crippen LogP contribution in [0.25, 0.3) is 0 Å². The molecule has 0 aliphatic carbocycles. The Morgan fingerprint density at radius 2 is 1.89 bits per heavy atom. The Morgan fingerprint density at radius 3 is 2.58 bits per heavy atom. The van der Waals surface area contributed by atoms with Crippen molar-refractivity contribution in [3.63, 3.8) is 0 Å². The third kappa shape index (κ3) is 7.89. The van der Waals surface area contributed by atoms with Crippen LogP contribution in [-0.4, -0.2) is 13.2 Å². The molecule has 2 heteroatoms. The van der Waals surface area contributed by atoms with Gasteiger partial charge >= 0.3 is 0 Å². The summed E-state index contributed by atoms with van der Waals surface area (Å²) in [5.41, 5.74) is 1.29. The Bertz CT molecular complexity index is 347. The fourth-order valence-corrected chi connectivity index (χ4v) is 1.93. The molecule has 0 aliphatic rings. The highest BCUT2D eigenvalue weighted by molar-refractivity contribution is 5.28. The smallest absolute Gasteiger partial charge is 0.119 e. The number of rotatable bonds is 9. The Hall–Kier alpha value is -1.02. The Balaban J connectivity index is 2.31. The van der Waals surface area contributed by atoms with Gasteiger partial charge < -0.3 is 10.1 Å². The summed E-state index contributed by atoms with van der Waals surface area (Å²) in [6.45, 7) is 11.7. The van der Waals surface area contributed by atoms with Crippen LogP contribution in [0.1, 0.15) is 46.1 Å². The molecule has 0 bridgehead atoms. The normalized spacial score (nSPS) is 11.3. The van der Waals surface area contributed by atoms with E-state index in [1.54, 1.807) is 0 Å². The lowest BCUT2D eigenvalue weighted by Crippen LogP contribution is -2.18. The zero-order chi connectivity index (χ0) is 14.1. The minimum Gasteiger partial charge on any atom is -0.494 e. The van der Waals surface area contributed by atoms with Crippen LogP contribution in [0.3, 0.4) is 0 Å². The Morgan fingerprint density at radius 1 is 1.11 bits per heavy atom. The quantitative estimate of drug-likeness (QED) is 0.673. The van der Waals surface area contributed by atoms with Crippen molar-refractivity contribution in [2.45, 2.75) is 47.1 Å². The average molecular weight is 263 g/mol. The fraction of sp³-hybridized carbons (Fsp3) is 0.647. The van der Waals surface area contributed by atoms with Crippen molar-refractivity contribution in [1.29, 1.82) is 0 Å². The fourth-order valence-electron chi connectivity index (χ4n) is 1.93. The second-order valence-electron chi connectivity index (χ2n) is 6.06. The van der Waals surface area contributed by atoms with Crippen LogP contribution in [0, 0.1) is 11.8 Å². The molecule has 19 heavy (non-hydrogen) atoms. The lowest BCUT2D eigenvalue weighted by Gasteiger charge is -2.10. The molecular weight excluding hydrogens is 234 g/mol. The van der Waals surface area contributed by atoms with Crippen molar-refractivity contribution in [3.8, 4) is 5.75 Å². The van der Waals surface area contributed by atoms with Gasteiger partial charge in [-0.2, -0.15) is 0 Å². The maximum absolute atomic E-state index is 5.80. The van der Waals surface area contributed by atoms with E-state index in [-0.39, 0.29) is 0 Å². The maximum Gasteiger partial charge on any atom is 0.119 e. The van der Waals surface area contributed by atoms with Crippen LogP contribution < -0.4 is 10.1 Å². The standard InChI is InChI=1S/C17H29NO/c1-14(2)7-6-10-19-17-9-5-8-16(11-17)13-18-12-15(3)4/h5,8-9,11,14-15,18H,6-7,10,12-13H2,1-4H3. The summed E-state index contributed by atoms with van der Waals surface area (Å²) in [5.74, 6) is 2.44. The van der Waals surface area contributed by atoms with Gasteiger partial charge in [-0.25, -0.2) is 0 Å². The Kier molecular flexibility index (Phi) is 7.57. The van der Waals surface area contributed by atoms with E-state index in [0.29, 0.717) is 5.92 Å². The molecule has 0 radical (unpaired) electrons. The van der Waals surface area contributed by atoms with Gasteiger partial charge in [-0.3, -0.25) is 0 Å². The molecule has 108 valence electrons. The summed E-state index contributed by atoms with van der Waals surface area (Å²) in [4.78, 5) is 0. The Labute approximate surface area is 118 Å². The molecule has 0 aliphatic heterocycles. The molecule has 0 amide bonds. The van der Waals surface area contributed by atoms with Crippen LogP contribution in [0.15, 0.2) is 24.3 Å². The monoisotopic (exact) mass is 263 g/mol. The largest absolute Gasteiger partial charge is 0.494 e. The lowest BCUT2D eigenvalue weighted by atomic mass is 10.1. The van der Waals surface area contributed by atoms with Gasteiger partial charge in [-0.15, -0.1) is 0 Å². The van der Waals surface area contributed by atoms with Crippen molar-refractivity contribution in [2.24, 2.45) is 11.8 Å². The molecule has 0 heterocycles. The molecule has 0 atom stereocenters. The van der Waals surface area contributed by atoms with E-state index in [4.69, 9.17) is 4.74 Å². The molecule has 2 nitrogen and oxygen atoms in total. The molecule has 0 unspecified atom stereocenters. The predicted molar refractivity (Wildman–Crippen MR) is 82.6 cm³/mol. The van der Waals surface area contributed by atoms with Crippen molar-refractivity contribution in [3.05, 3.63) is 29.8 Å². The number of ether oxygens (including phenoxy) is 1. The van der Waals surface area contributed by atoms with Crippen molar-refractivity contribution in [1.82, 2.24) is 5.32 Å². The summed E-state index contributed by atoms with van der Waals surface area (Å²) in [6, 6.07) is 8.41. The summed E-state index contributed by atoms with van der Waals surface area (Å²) < 4.78 is 5.80. The third-order valence-corrected chi connectivity index (χ3v) is 2.97.